The van der Waals surface area contributed by atoms with E-state index in [9.17, 15) is 9.59 Å². The van der Waals surface area contributed by atoms with Crippen LogP contribution in [-0.4, -0.2) is 30.8 Å². The summed E-state index contributed by atoms with van der Waals surface area (Å²) in [6.45, 7) is 5.51. The first-order chi connectivity index (χ1) is 8.80. The van der Waals surface area contributed by atoms with Crippen molar-refractivity contribution in [3.05, 3.63) is 0 Å². The second-order valence-corrected chi connectivity index (χ2v) is 6.61. The first kappa shape index (κ1) is 14.2. The second-order valence-electron chi connectivity index (χ2n) is 6.61. The molecule has 5 nitrogen and oxygen atoms in total. The number of carbonyl (C=O) groups excluding carboxylic acids is 2. The fourth-order valence-corrected chi connectivity index (χ4v) is 3.10. The molecule has 0 spiro atoms. The largest absolute Gasteiger partial charge is 0.469 e. The van der Waals surface area contributed by atoms with Gasteiger partial charge in [-0.15, -0.1) is 0 Å². The van der Waals surface area contributed by atoms with Gasteiger partial charge in [0, 0.05) is 6.04 Å². The van der Waals surface area contributed by atoms with Crippen LogP contribution in [0.5, 0.6) is 0 Å². The predicted molar refractivity (Wildman–Crippen MR) is 69.5 cm³/mol. The summed E-state index contributed by atoms with van der Waals surface area (Å²) in [6, 6.07) is 0.0314. The summed E-state index contributed by atoms with van der Waals surface area (Å²) >= 11 is 0. The number of methoxy groups -OCH3 is 1. The Morgan fingerprint density at radius 3 is 2.26 bits per heavy atom. The lowest BCUT2D eigenvalue weighted by Gasteiger charge is -2.50. The highest BCUT2D eigenvalue weighted by molar-refractivity contribution is 5.74. The van der Waals surface area contributed by atoms with Crippen molar-refractivity contribution in [1.82, 2.24) is 5.32 Å². The maximum Gasteiger partial charge on any atom is 0.407 e. The summed E-state index contributed by atoms with van der Waals surface area (Å²) in [5.74, 6) is 0.696. The molecular formula is C14H23NO4. The minimum absolute atomic E-state index is 0.0314. The van der Waals surface area contributed by atoms with Crippen LogP contribution in [0.2, 0.25) is 0 Å². The molecule has 5 heteroatoms. The molecule has 0 saturated heterocycles. The van der Waals surface area contributed by atoms with Gasteiger partial charge in [0.15, 0.2) is 0 Å². The van der Waals surface area contributed by atoms with E-state index in [1.165, 1.54) is 7.11 Å². The van der Waals surface area contributed by atoms with Crippen LogP contribution in [0.3, 0.4) is 0 Å². The van der Waals surface area contributed by atoms with Crippen LogP contribution in [0, 0.1) is 17.8 Å². The number of rotatable bonds is 2. The van der Waals surface area contributed by atoms with Crippen molar-refractivity contribution >= 4 is 12.1 Å². The highest BCUT2D eigenvalue weighted by Gasteiger charge is 2.49. The third kappa shape index (κ3) is 3.19. The lowest BCUT2D eigenvalue weighted by molar-refractivity contribution is -0.154. The number of ether oxygens (including phenoxy) is 2. The Morgan fingerprint density at radius 1 is 1.11 bits per heavy atom. The molecule has 0 aromatic carbocycles. The maximum atomic E-state index is 11.8. The number of hydrogen-bond donors (Lipinski definition) is 1. The molecule has 2 atom stereocenters. The zero-order chi connectivity index (χ0) is 14.2. The molecule has 1 N–H and O–H groups in total. The minimum atomic E-state index is -0.497. The van der Waals surface area contributed by atoms with Gasteiger partial charge in [-0.1, -0.05) is 0 Å². The summed E-state index contributed by atoms with van der Waals surface area (Å²) in [7, 11) is 1.42. The van der Waals surface area contributed by atoms with E-state index in [0.717, 1.165) is 12.8 Å². The molecule has 1 amide bonds. The summed E-state index contributed by atoms with van der Waals surface area (Å²) in [4.78, 5) is 23.5. The molecule has 19 heavy (non-hydrogen) atoms. The third-order valence-corrected chi connectivity index (χ3v) is 4.06. The molecule has 0 radical (unpaired) electrons. The van der Waals surface area contributed by atoms with Gasteiger partial charge >= 0.3 is 12.1 Å². The summed E-state index contributed by atoms with van der Waals surface area (Å²) in [5.41, 5.74) is -0.497. The molecule has 2 bridgehead atoms. The smallest absolute Gasteiger partial charge is 0.407 e. The van der Waals surface area contributed by atoms with Gasteiger partial charge in [0.25, 0.3) is 0 Å². The van der Waals surface area contributed by atoms with Gasteiger partial charge in [-0.2, -0.15) is 0 Å². The zero-order valence-electron chi connectivity index (χ0n) is 12.1. The number of esters is 1. The number of nitrogens with one attached hydrogen (secondary N) is 1. The molecule has 2 unspecified atom stereocenters. The van der Waals surface area contributed by atoms with Crippen LogP contribution >= 0.6 is 0 Å². The maximum absolute atomic E-state index is 11.8. The van der Waals surface area contributed by atoms with Gasteiger partial charge < -0.3 is 14.8 Å². The van der Waals surface area contributed by atoms with Gasteiger partial charge in [-0.25, -0.2) is 4.79 Å². The van der Waals surface area contributed by atoms with Crippen molar-refractivity contribution in [3.8, 4) is 0 Å². The average Bonchev–Trinajstić information content (AvgIpc) is 2.23. The summed E-state index contributed by atoms with van der Waals surface area (Å²) in [6.07, 6.45) is 2.27. The van der Waals surface area contributed by atoms with E-state index in [2.05, 4.69) is 5.32 Å². The fraction of sp³-hybridized carbons (Fsp3) is 0.857. The predicted octanol–water partition coefficient (Wildman–Crippen LogP) is 2.10. The van der Waals surface area contributed by atoms with E-state index < -0.39 is 11.7 Å². The van der Waals surface area contributed by atoms with Crippen LogP contribution < -0.4 is 5.32 Å². The van der Waals surface area contributed by atoms with E-state index in [4.69, 9.17) is 9.47 Å². The average molecular weight is 269 g/mol. The Bertz CT molecular complexity index is 368. The zero-order valence-corrected chi connectivity index (χ0v) is 12.1. The third-order valence-electron chi connectivity index (χ3n) is 4.06. The number of hydrogen-bond acceptors (Lipinski definition) is 4. The lowest BCUT2D eigenvalue weighted by atomic mass is 9.58. The van der Waals surface area contributed by atoms with Crippen LogP contribution in [0.4, 0.5) is 4.79 Å². The van der Waals surface area contributed by atoms with Gasteiger partial charge in [-0.3, -0.25) is 4.79 Å². The summed E-state index contributed by atoms with van der Waals surface area (Å²) < 4.78 is 10.1. The Kier molecular flexibility index (Phi) is 3.74. The monoisotopic (exact) mass is 269 g/mol. The van der Waals surface area contributed by atoms with E-state index in [1.54, 1.807) is 0 Å². The number of fused-ring (bicyclic) bond motifs is 2. The Hall–Kier alpha value is -1.26. The van der Waals surface area contributed by atoms with Gasteiger partial charge in [0.2, 0.25) is 0 Å². The summed E-state index contributed by atoms with van der Waals surface area (Å²) in [5, 5.41) is 2.90. The number of amides is 1. The highest BCUT2D eigenvalue weighted by Crippen LogP contribution is 2.49. The fourth-order valence-electron chi connectivity index (χ4n) is 3.10. The Morgan fingerprint density at radius 2 is 1.74 bits per heavy atom. The molecule has 3 aliphatic rings. The molecule has 3 fully saturated rings. The molecule has 108 valence electrons. The molecule has 3 rings (SSSR count). The van der Waals surface area contributed by atoms with Crippen LogP contribution in [0.1, 0.15) is 40.0 Å². The minimum Gasteiger partial charge on any atom is -0.469 e. The number of carbonyl (C=O) groups is 2. The standard InChI is InChI=1S/C14H23NO4/c1-14(2,3)19-13(17)15-11-7-10(12(16)18-4)8-5-9(11)6-8/h8-11H,5-7H2,1-4H3,(H,15,17). The van der Waals surface area contributed by atoms with Gasteiger partial charge in [0.1, 0.15) is 5.60 Å². The topological polar surface area (TPSA) is 64.6 Å². The first-order valence-electron chi connectivity index (χ1n) is 6.87. The first-order valence-corrected chi connectivity index (χ1v) is 6.87. The van der Waals surface area contributed by atoms with E-state index >= 15 is 0 Å². The van der Waals surface area contributed by atoms with Crippen LogP contribution in [0.25, 0.3) is 0 Å². The molecule has 3 saturated carbocycles. The van der Waals surface area contributed by atoms with Crippen molar-refractivity contribution in [2.24, 2.45) is 17.8 Å². The van der Waals surface area contributed by atoms with E-state index in [0.29, 0.717) is 18.3 Å². The quantitative estimate of drug-likeness (QED) is 0.780. The van der Waals surface area contributed by atoms with Crippen molar-refractivity contribution in [1.29, 1.82) is 0 Å². The SMILES string of the molecule is COC(=O)C1CC(NC(=O)OC(C)(C)C)C2CC1C2. The molecular weight excluding hydrogens is 246 g/mol. The van der Waals surface area contributed by atoms with E-state index in [1.807, 2.05) is 20.8 Å². The highest BCUT2D eigenvalue weighted by atomic mass is 16.6. The van der Waals surface area contributed by atoms with Crippen molar-refractivity contribution in [3.63, 3.8) is 0 Å². The van der Waals surface area contributed by atoms with Gasteiger partial charge in [-0.05, 0) is 51.9 Å². The van der Waals surface area contributed by atoms with Crippen LogP contribution in [0.15, 0.2) is 0 Å². The molecule has 0 aromatic rings. The van der Waals surface area contributed by atoms with Crippen molar-refractivity contribution in [2.45, 2.75) is 51.7 Å². The van der Waals surface area contributed by atoms with E-state index in [-0.39, 0.29) is 17.9 Å². The molecule has 0 aromatic heterocycles. The molecule has 0 aliphatic heterocycles. The van der Waals surface area contributed by atoms with Crippen LogP contribution in [-0.2, 0) is 14.3 Å². The molecule has 3 aliphatic carbocycles. The lowest BCUT2D eigenvalue weighted by Crippen LogP contribution is -2.55. The number of alkyl carbamates (subject to hydrolysis) is 1. The molecule has 0 heterocycles. The van der Waals surface area contributed by atoms with Gasteiger partial charge in [0.05, 0.1) is 13.0 Å². The Labute approximate surface area is 114 Å². The van der Waals surface area contributed by atoms with Crippen molar-refractivity contribution < 1.29 is 19.1 Å². The normalized spacial score (nSPS) is 33.1. The van der Waals surface area contributed by atoms with Crippen molar-refractivity contribution in [2.75, 3.05) is 7.11 Å². The Balaban J connectivity index is 1.91. The second kappa shape index (κ2) is 5.02.